The molecule has 0 aromatic heterocycles. The first-order valence-corrected chi connectivity index (χ1v) is 6.50. The molecular formula is C14H18N2O4. The van der Waals surface area contributed by atoms with Crippen molar-refractivity contribution in [2.75, 3.05) is 32.7 Å². The molecule has 1 aromatic rings. The summed E-state index contributed by atoms with van der Waals surface area (Å²) in [5, 5.41) is 18.5. The van der Waals surface area contributed by atoms with E-state index in [1.165, 1.54) is 6.07 Å². The first-order valence-electron chi connectivity index (χ1n) is 6.50. The Morgan fingerprint density at radius 1 is 1.20 bits per heavy atom. The van der Waals surface area contributed by atoms with Crippen molar-refractivity contribution in [2.24, 2.45) is 0 Å². The number of benzene rings is 1. The lowest BCUT2D eigenvalue weighted by molar-refractivity contribution is -0.138. The largest absolute Gasteiger partial charge is 0.507 e. The normalized spacial score (nSPS) is 16.1. The molecule has 0 unspecified atom stereocenters. The molecule has 1 heterocycles. The van der Waals surface area contributed by atoms with E-state index >= 15 is 0 Å². The second-order valence-corrected chi connectivity index (χ2v) is 4.98. The first-order chi connectivity index (χ1) is 9.47. The maximum absolute atomic E-state index is 12.3. The number of hydrogen-bond acceptors (Lipinski definition) is 4. The number of carboxylic acid groups (broad SMARTS) is 1. The van der Waals surface area contributed by atoms with Crippen molar-refractivity contribution in [3.8, 4) is 5.75 Å². The van der Waals surface area contributed by atoms with Gasteiger partial charge in [0.25, 0.3) is 5.91 Å². The number of amides is 1. The molecule has 1 saturated heterocycles. The summed E-state index contributed by atoms with van der Waals surface area (Å²) in [5.74, 6) is -1.09. The molecule has 2 N–H and O–H groups in total. The number of aromatic hydroxyl groups is 1. The SMILES string of the molecule is Cc1ccc(O)c(C(=O)N2CCN(CC(=O)O)CC2)c1. The van der Waals surface area contributed by atoms with Crippen molar-refractivity contribution < 1.29 is 19.8 Å². The number of phenolic OH excluding ortho intramolecular Hbond substituents is 1. The number of aryl methyl sites for hydroxylation is 1. The zero-order chi connectivity index (χ0) is 14.7. The van der Waals surface area contributed by atoms with Crippen LogP contribution < -0.4 is 0 Å². The number of phenols is 1. The molecule has 0 bridgehead atoms. The fraction of sp³-hybridized carbons (Fsp3) is 0.429. The standard InChI is InChI=1S/C14H18N2O4/c1-10-2-3-12(17)11(8-10)14(20)16-6-4-15(5-7-16)9-13(18)19/h2-3,8,17H,4-7,9H2,1H3,(H,18,19). The third-order valence-electron chi connectivity index (χ3n) is 3.40. The monoisotopic (exact) mass is 278 g/mol. The van der Waals surface area contributed by atoms with E-state index in [-0.39, 0.29) is 18.2 Å². The van der Waals surface area contributed by atoms with E-state index in [1.54, 1.807) is 21.9 Å². The summed E-state index contributed by atoms with van der Waals surface area (Å²) in [4.78, 5) is 26.4. The molecule has 1 aliphatic rings. The van der Waals surface area contributed by atoms with Gasteiger partial charge >= 0.3 is 5.97 Å². The van der Waals surface area contributed by atoms with Gasteiger partial charge < -0.3 is 15.1 Å². The number of carbonyl (C=O) groups is 2. The summed E-state index contributed by atoms with van der Waals surface area (Å²) >= 11 is 0. The Morgan fingerprint density at radius 2 is 1.85 bits per heavy atom. The minimum atomic E-state index is -0.860. The van der Waals surface area contributed by atoms with Crippen molar-refractivity contribution in [2.45, 2.75) is 6.92 Å². The van der Waals surface area contributed by atoms with Crippen LogP contribution >= 0.6 is 0 Å². The number of hydrogen-bond donors (Lipinski definition) is 2. The third kappa shape index (κ3) is 3.27. The van der Waals surface area contributed by atoms with Crippen LogP contribution in [-0.4, -0.2) is 64.6 Å². The molecular weight excluding hydrogens is 260 g/mol. The van der Waals surface area contributed by atoms with Crippen LogP contribution in [0.25, 0.3) is 0 Å². The fourth-order valence-electron chi connectivity index (χ4n) is 2.29. The Balaban J connectivity index is 2.01. The maximum Gasteiger partial charge on any atom is 0.317 e. The van der Waals surface area contributed by atoms with Gasteiger partial charge in [0, 0.05) is 26.2 Å². The van der Waals surface area contributed by atoms with Gasteiger partial charge in [0.05, 0.1) is 12.1 Å². The topological polar surface area (TPSA) is 81.1 Å². The van der Waals surface area contributed by atoms with Gasteiger partial charge in [-0.2, -0.15) is 0 Å². The minimum Gasteiger partial charge on any atom is -0.507 e. The number of carbonyl (C=O) groups excluding carboxylic acids is 1. The third-order valence-corrected chi connectivity index (χ3v) is 3.40. The minimum absolute atomic E-state index is 0.00226. The lowest BCUT2D eigenvalue weighted by atomic mass is 10.1. The number of aliphatic carboxylic acids is 1. The van der Waals surface area contributed by atoms with Crippen LogP contribution in [0.5, 0.6) is 5.75 Å². The Kier molecular flexibility index (Phi) is 4.24. The Bertz CT molecular complexity index is 522. The number of rotatable bonds is 3. The molecule has 1 aromatic carbocycles. The van der Waals surface area contributed by atoms with Crippen LogP contribution in [-0.2, 0) is 4.79 Å². The molecule has 6 nitrogen and oxygen atoms in total. The van der Waals surface area contributed by atoms with Crippen LogP contribution in [0.2, 0.25) is 0 Å². The fourth-order valence-corrected chi connectivity index (χ4v) is 2.29. The van der Waals surface area contributed by atoms with Crippen LogP contribution in [0.1, 0.15) is 15.9 Å². The summed E-state index contributed by atoms with van der Waals surface area (Å²) in [7, 11) is 0. The molecule has 0 aliphatic carbocycles. The summed E-state index contributed by atoms with van der Waals surface area (Å²) in [6.45, 7) is 3.87. The van der Waals surface area contributed by atoms with Gasteiger partial charge in [0.15, 0.2) is 0 Å². The van der Waals surface area contributed by atoms with Gasteiger partial charge in [0.2, 0.25) is 0 Å². The van der Waals surface area contributed by atoms with E-state index in [2.05, 4.69) is 0 Å². The average Bonchev–Trinajstić information content (AvgIpc) is 2.41. The highest BCUT2D eigenvalue weighted by atomic mass is 16.4. The molecule has 0 radical (unpaired) electrons. The van der Waals surface area contributed by atoms with Crippen molar-refractivity contribution >= 4 is 11.9 Å². The molecule has 108 valence electrons. The second kappa shape index (κ2) is 5.92. The Hall–Kier alpha value is -2.08. The van der Waals surface area contributed by atoms with Gasteiger partial charge in [-0.3, -0.25) is 14.5 Å². The maximum atomic E-state index is 12.3. The van der Waals surface area contributed by atoms with Crippen LogP contribution in [0.15, 0.2) is 18.2 Å². The predicted octanol–water partition coefficient (Wildman–Crippen LogP) is 0.543. The summed E-state index contributed by atoms with van der Waals surface area (Å²) in [6.07, 6.45) is 0. The van der Waals surface area contributed by atoms with Crippen molar-refractivity contribution in [3.63, 3.8) is 0 Å². The zero-order valence-corrected chi connectivity index (χ0v) is 11.4. The molecule has 0 saturated carbocycles. The lowest BCUT2D eigenvalue weighted by Crippen LogP contribution is -2.49. The smallest absolute Gasteiger partial charge is 0.317 e. The molecule has 0 atom stereocenters. The molecule has 20 heavy (non-hydrogen) atoms. The lowest BCUT2D eigenvalue weighted by Gasteiger charge is -2.34. The van der Waals surface area contributed by atoms with Crippen molar-refractivity contribution in [3.05, 3.63) is 29.3 Å². The van der Waals surface area contributed by atoms with E-state index in [4.69, 9.17) is 5.11 Å². The molecule has 1 aliphatic heterocycles. The van der Waals surface area contributed by atoms with Crippen LogP contribution in [0.3, 0.4) is 0 Å². The van der Waals surface area contributed by atoms with Gasteiger partial charge in [0.1, 0.15) is 5.75 Å². The van der Waals surface area contributed by atoms with Crippen molar-refractivity contribution in [1.82, 2.24) is 9.80 Å². The predicted molar refractivity (Wildman–Crippen MR) is 72.8 cm³/mol. The van der Waals surface area contributed by atoms with E-state index in [0.29, 0.717) is 31.7 Å². The van der Waals surface area contributed by atoms with E-state index in [1.807, 2.05) is 6.92 Å². The summed E-state index contributed by atoms with van der Waals surface area (Å²) < 4.78 is 0. The highest BCUT2D eigenvalue weighted by Crippen LogP contribution is 2.20. The zero-order valence-electron chi connectivity index (χ0n) is 11.4. The van der Waals surface area contributed by atoms with E-state index < -0.39 is 5.97 Å². The summed E-state index contributed by atoms with van der Waals surface area (Å²) in [5.41, 5.74) is 1.22. The van der Waals surface area contributed by atoms with E-state index in [9.17, 15) is 14.7 Å². The number of piperazine rings is 1. The van der Waals surface area contributed by atoms with Gasteiger partial charge in [-0.25, -0.2) is 0 Å². The summed E-state index contributed by atoms with van der Waals surface area (Å²) in [6, 6.07) is 4.93. The molecule has 1 amide bonds. The molecule has 0 spiro atoms. The van der Waals surface area contributed by atoms with Crippen molar-refractivity contribution in [1.29, 1.82) is 0 Å². The molecule has 1 fully saturated rings. The number of carboxylic acids is 1. The highest BCUT2D eigenvalue weighted by molar-refractivity contribution is 5.97. The van der Waals surface area contributed by atoms with Crippen LogP contribution in [0, 0.1) is 6.92 Å². The van der Waals surface area contributed by atoms with Gasteiger partial charge in [-0.1, -0.05) is 11.6 Å². The average molecular weight is 278 g/mol. The highest BCUT2D eigenvalue weighted by Gasteiger charge is 2.24. The van der Waals surface area contributed by atoms with Gasteiger partial charge in [-0.15, -0.1) is 0 Å². The van der Waals surface area contributed by atoms with Gasteiger partial charge in [-0.05, 0) is 19.1 Å². The quantitative estimate of drug-likeness (QED) is 0.843. The second-order valence-electron chi connectivity index (χ2n) is 4.98. The Morgan fingerprint density at radius 3 is 2.45 bits per heavy atom. The number of nitrogens with zero attached hydrogens (tertiary/aromatic N) is 2. The molecule has 2 rings (SSSR count). The Labute approximate surface area is 117 Å². The molecule has 6 heteroatoms. The van der Waals surface area contributed by atoms with E-state index in [0.717, 1.165) is 5.56 Å². The van der Waals surface area contributed by atoms with Crippen LogP contribution in [0.4, 0.5) is 0 Å². The first kappa shape index (κ1) is 14.3.